The Labute approximate surface area is 132 Å². The summed E-state index contributed by atoms with van der Waals surface area (Å²) in [5.74, 6) is 0. The normalized spacial score (nSPS) is 17.0. The molecule has 0 bridgehead atoms. The average molecular weight is 300 g/mol. The van der Waals surface area contributed by atoms with E-state index < -0.39 is 0 Å². The number of hydrogen-bond donors (Lipinski definition) is 1. The maximum atomic E-state index is 5.98. The van der Waals surface area contributed by atoms with Gasteiger partial charge in [-0.25, -0.2) is 0 Å². The van der Waals surface area contributed by atoms with Crippen molar-refractivity contribution in [2.75, 3.05) is 59.0 Å². The second-order valence-electron chi connectivity index (χ2n) is 5.99. The van der Waals surface area contributed by atoms with Gasteiger partial charge >= 0.3 is 0 Å². The van der Waals surface area contributed by atoms with Gasteiger partial charge < -0.3 is 19.9 Å². The summed E-state index contributed by atoms with van der Waals surface area (Å²) in [4.78, 5) is 5.07. The smallest absolute Gasteiger partial charge is 0.0599 e. The van der Waals surface area contributed by atoms with E-state index in [4.69, 9.17) is 4.74 Å². The van der Waals surface area contributed by atoms with E-state index in [1.807, 2.05) is 0 Å². The van der Waals surface area contributed by atoms with E-state index in [1.165, 1.54) is 58.4 Å². The van der Waals surface area contributed by atoms with Crippen LogP contribution >= 0.6 is 0 Å². The number of nitrogens with one attached hydrogen (secondary N) is 1. The Morgan fingerprint density at radius 3 is 2.05 bits per heavy atom. The molecule has 1 aliphatic rings. The zero-order valence-electron chi connectivity index (χ0n) is 14.6. The van der Waals surface area contributed by atoms with Crippen LogP contribution in [0.5, 0.6) is 0 Å². The summed E-state index contributed by atoms with van der Waals surface area (Å²) in [6, 6.07) is 0. The highest BCUT2D eigenvalue weighted by atomic mass is 16.5. The van der Waals surface area contributed by atoms with Crippen molar-refractivity contribution in [3.63, 3.8) is 0 Å². The quantitative estimate of drug-likeness (QED) is 0.559. The monoisotopic (exact) mass is 299 g/mol. The lowest BCUT2D eigenvalue weighted by Gasteiger charge is -2.25. The van der Waals surface area contributed by atoms with Gasteiger partial charge in [-0.05, 0) is 71.5 Å². The van der Waals surface area contributed by atoms with Gasteiger partial charge in [-0.1, -0.05) is 20.8 Å². The van der Waals surface area contributed by atoms with Gasteiger partial charge in [0.05, 0.1) is 6.10 Å². The highest BCUT2D eigenvalue weighted by Gasteiger charge is 2.12. The lowest BCUT2D eigenvalue weighted by molar-refractivity contribution is 0.0278. The van der Waals surface area contributed by atoms with Crippen molar-refractivity contribution < 1.29 is 4.74 Å². The number of rotatable bonds is 12. The molecule has 0 aromatic carbocycles. The fraction of sp³-hybridized carbons (Fsp3) is 1.00. The van der Waals surface area contributed by atoms with E-state index >= 15 is 0 Å². The van der Waals surface area contributed by atoms with Crippen LogP contribution in [0.1, 0.15) is 46.5 Å². The highest BCUT2D eigenvalue weighted by Crippen LogP contribution is 2.07. The van der Waals surface area contributed by atoms with Crippen molar-refractivity contribution in [1.29, 1.82) is 0 Å². The van der Waals surface area contributed by atoms with Crippen LogP contribution in [0.4, 0.5) is 0 Å². The van der Waals surface area contributed by atoms with E-state index in [2.05, 4.69) is 35.9 Å². The van der Waals surface area contributed by atoms with Gasteiger partial charge in [0.1, 0.15) is 0 Å². The minimum atomic E-state index is 0.504. The maximum absolute atomic E-state index is 5.98. The Bertz CT molecular complexity index is 228. The third-order valence-electron chi connectivity index (χ3n) is 4.55. The molecule has 0 aromatic heterocycles. The minimum absolute atomic E-state index is 0.504. The molecule has 0 unspecified atom stereocenters. The first-order valence-electron chi connectivity index (χ1n) is 9.07. The van der Waals surface area contributed by atoms with E-state index in [1.54, 1.807) is 0 Å². The zero-order chi connectivity index (χ0) is 15.3. The second kappa shape index (κ2) is 12.4. The fourth-order valence-corrected chi connectivity index (χ4v) is 2.99. The first-order chi connectivity index (χ1) is 10.3. The summed E-state index contributed by atoms with van der Waals surface area (Å²) in [6.07, 6.45) is 5.32. The van der Waals surface area contributed by atoms with Gasteiger partial charge in [0, 0.05) is 13.2 Å². The van der Waals surface area contributed by atoms with E-state index in [0.717, 1.165) is 26.2 Å². The van der Waals surface area contributed by atoms with Crippen molar-refractivity contribution in [3.05, 3.63) is 0 Å². The van der Waals surface area contributed by atoms with Gasteiger partial charge in [0.15, 0.2) is 0 Å². The zero-order valence-corrected chi connectivity index (χ0v) is 14.6. The lowest BCUT2D eigenvalue weighted by Crippen LogP contribution is -2.33. The van der Waals surface area contributed by atoms with Crippen LogP contribution in [0.15, 0.2) is 0 Å². The van der Waals surface area contributed by atoms with Crippen LogP contribution in [0, 0.1) is 0 Å². The van der Waals surface area contributed by atoms with Gasteiger partial charge in [-0.2, -0.15) is 0 Å². The summed E-state index contributed by atoms with van der Waals surface area (Å²) in [7, 11) is 0. The standard InChI is InChI=1S/C17H37N3O/c1-4-19(5-2)13-7-14-20(6-3)15-8-16-21-17-9-11-18-12-10-17/h17-18H,4-16H2,1-3H3. The average Bonchev–Trinajstić information content (AvgIpc) is 2.54. The van der Waals surface area contributed by atoms with E-state index in [-0.39, 0.29) is 0 Å². The van der Waals surface area contributed by atoms with Crippen molar-refractivity contribution in [2.45, 2.75) is 52.6 Å². The molecule has 0 saturated carbocycles. The first-order valence-corrected chi connectivity index (χ1v) is 9.07. The number of hydrogen-bond acceptors (Lipinski definition) is 4. The highest BCUT2D eigenvalue weighted by molar-refractivity contribution is 4.68. The molecule has 1 saturated heterocycles. The van der Waals surface area contributed by atoms with E-state index in [0.29, 0.717) is 6.10 Å². The summed E-state index contributed by atoms with van der Waals surface area (Å²) in [5.41, 5.74) is 0. The molecule has 1 heterocycles. The molecule has 4 heteroatoms. The van der Waals surface area contributed by atoms with Gasteiger partial charge in [-0.15, -0.1) is 0 Å². The Balaban J connectivity index is 2.02. The molecule has 0 radical (unpaired) electrons. The van der Waals surface area contributed by atoms with Crippen LogP contribution in [-0.2, 0) is 4.74 Å². The SMILES string of the molecule is CCN(CC)CCCN(CC)CCCOC1CCNCC1. The fourth-order valence-electron chi connectivity index (χ4n) is 2.99. The van der Waals surface area contributed by atoms with Crippen LogP contribution in [0.3, 0.4) is 0 Å². The Kier molecular flexibility index (Phi) is 11.1. The molecule has 1 aliphatic heterocycles. The molecule has 1 N–H and O–H groups in total. The summed E-state index contributed by atoms with van der Waals surface area (Å²) < 4.78 is 5.98. The Morgan fingerprint density at radius 1 is 0.857 bits per heavy atom. The molecule has 1 fully saturated rings. The summed E-state index contributed by atoms with van der Waals surface area (Å²) >= 11 is 0. The van der Waals surface area contributed by atoms with Gasteiger partial charge in [-0.3, -0.25) is 0 Å². The van der Waals surface area contributed by atoms with Crippen LogP contribution in [-0.4, -0.2) is 74.9 Å². The molecule has 0 spiro atoms. The molecule has 0 aliphatic carbocycles. The predicted molar refractivity (Wildman–Crippen MR) is 91.0 cm³/mol. The van der Waals surface area contributed by atoms with Crippen molar-refractivity contribution in [2.24, 2.45) is 0 Å². The van der Waals surface area contributed by atoms with Gasteiger partial charge in [0.2, 0.25) is 0 Å². The van der Waals surface area contributed by atoms with Gasteiger partial charge in [0.25, 0.3) is 0 Å². The van der Waals surface area contributed by atoms with E-state index in [9.17, 15) is 0 Å². The molecule has 0 aromatic rings. The summed E-state index contributed by atoms with van der Waals surface area (Å²) in [6.45, 7) is 17.1. The molecule has 1 rings (SSSR count). The number of nitrogens with zero attached hydrogens (tertiary/aromatic N) is 2. The molecule has 126 valence electrons. The third kappa shape index (κ3) is 8.77. The topological polar surface area (TPSA) is 27.7 Å². The molecular formula is C17H37N3O. The molecular weight excluding hydrogens is 262 g/mol. The molecule has 21 heavy (non-hydrogen) atoms. The Hall–Kier alpha value is -0.160. The molecule has 0 amide bonds. The maximum Gasteiger partial charge on any atom is 0.0599 e. The van der Waals surface area contributed by atoms with Crippen molar-refractivity contribution in [3.8, 4) is 0 Å². The minimum Gasteiger partial charge on any atom is -0.378 e. The summed E-state index contributed by atoms with van der Waals surface area (Å²) in [5, 5.41) is 3.38. The third-order valence-corrected chi connectivity index (χ3v) is 4.55. The molecule has 0 atom stereocenters. The number of ether oxygens (including phenoxy) is 1. The number of piperidine rings is 1. The second-order valence-corrected chi connectivity index (χ2v) is 5.99. The van der Waals surface area contributed by atoms with Crippen molar-refractivity contribution >= 4 is 0 Å². The first kappa shape index (κ1) is 18.9. The Morgan fingerprint density at radius 2 is 1.43 bits per heavy atom. The van der Waals surface area contributed by atoms with Crippen molar-refractivity contribution in [1.82, 2.24) is 15.1 Å². The van der Waals surface area contributed by atoms with Crippen LogP contribution in [0.25, 0.3) is 0 Å². The van der Waals surface area contributed by atoms with Crippen LogP contribution in [0.2, 0.25) is 0 Å². The largest absolute Gasteiger partial charge is 0.378 e. The predicted octanol–water partition coefficient (Wildman–Crippen LogP) is 2.20. The molecule has 4 nitrogen and oxygen atoms in total. The lowest BCUT2D eigenvalue weighted by atomic mass is 10.1. The van der Waals surface area contributed by atoms with Crippen LogP contribution < -0.4 is 5.32 Å².